The van der Waals surface area contributed by atoms with Gasteiger partial charge in [0.1, 0.15) is 51.2 Å². The van der Waals surface area contributed by atoms with Crippen molar-refractivity contribution in [3.8, 4) is 0 Å². The third kappa shape index (κ3) is 5.30. The van der Waals surface area contributed by atoms with Gasteiger partial charge in [-0.1, -0.05) is 37.7 Å². The van der Waals surface area contributed by atoms with Gasteiger partial charge in [-0.15, -0.1) is 0 Å². The summed E-state index contributed by atoms with van der Waals surface area (Å²) in [4.78, 5) is 16.5. The molecule has 0 bridgehead atoms. The van der Waals surface area contributed by atoms with Gasteiger partial charge >= 0.3 is 5.97 Å². The number of rotatable bonds is 5. The van der Waals surface area contributed by atoms with E-state index in [0.717, 1.165) is 44.0 Å². The summed E-state index contributed by atoms with van der Waals surface area (Å²) in [6, 6.07) is 12.5. The van der Waals surface area contributed by atoms with E-state index in [0.29, 0.717) is 18.6 Å². The average molecular weight is 445 g/mol. The zero-order valence-electron chi connectivity index (χ0n) is 18.7. The van der Waals surface area contributed by atoms with E-state index in [4.69, 9.17) is 4.74 Å². The van der Waals surface area contributed by atoms with E-state index in [1.807, 2.05) is 6.07 Å². The molecule has 0 radical (unpaired) electrons. The predicted octanol–water partition coefficient (Wildman–Crippen LogP) is 2.04. The van der Waals surface area contributed by atoms with E-state index in [2.05, 4.69) is 32.0 Å². The molecule has 31 heavy (non-hydrogen) atoms. The Hall–Kier alpha value is -1.89. The van der Waals surface area contributed by atoms with Crippen molar-refractivity contribution < 1.29 is 23.7 Å². The molecule has 4 rings (SSSR count). The summed E-state index contributed by atoms with van der Waals surface area (Å²) in [7, 11) is 0. The summed E-state index contributed by atoms with van der Waals surface area (Å²) in [5.41, 5.74) is 4.02. The summed E-state index contributed by atoms with van der Waals surface area (Å²) in [5, 5.41) is 0. The van der Waals surface area contributed by atoms with Crippen LogP contribution >= 0.6 is 11.8 Å². The summed E-state index contributed by atoms with van der Waals surface area (Å²) in [5.74, 6) is 0.117. The van der Waals surface area contributed by atoms with E-state index >= 15 is 0 Å². The largest absolute Gasteiger partial charge is 0.460 e. The first kappa shape index (κ1) is 22.3. The Morgan fingerprint density at radius 3 is 2.61 bits per heavy atom. The van der Waals surface area contributed by atoms with Crippen molar-refractivity contribution in [2.45, 2.75) is 48.9 Å². The molecule has 2 aliphatic rings. The van der Waals surface area contributed by atoms with Crippen molar-refractivity contribution in [1.82, 2.24) is 0 Å². The first-order valence-corrected chi connectivity index (χ1v) is 12.1. The first-order chi connectivity index (χ1) is 14.9. The molecule has 0 saturated carbocycles. The van der Waals surface area contributed by atoms with Gasteiger partial charge in [0.05, 0.1) is 0 Å². The summed E-state index contributed by atoms with van der Waals surface area (Å²) < 4.78 is 19.1. The molecule has 2 aromatic carbocycles. The Morgan fingerprint density at radius 1 is 1.13 bits per heavy atom. The van der Waals surface area contributed by atoms with Crippen LogP contribution in [-0.4, -0.2) is 45.3 Å². The molecule has 0 unspecified atom stereocenters. The summed E-state index contributed by atoms with van der Waals surface area (Å²) in [6.07, 6.45) is 0.940. The SMILES string of the molecule is CC(=O)OCC[NH+]1CC[NH+]([C@H]2Cc3ccc(F)cc3Sc3ccc(C(C)C)cc32)CC1. The Kier molecular flexibility index (Phi) is 6.99. The Labute approximate surface area is 188 Å². The molecule has 1 atom stereocenters. The van der Waals surface area contributed by atoms with E-state index in [-0.39, 0.29) is 11.8 Å². The smallest absolute Gasteiger partial charge is 0.302 e. The van der Waals surface area contributed by atoms with Crippen molar-refractivity contribution >= 4 is 17.7 Å². The number of halogens is 1. The van der Waals surface area contributed by atoms with Crippen LogP contribution in [0.2, 0.25) is 0 Å². The van der Waals surface area contributed by atoms with Gasteiger partial charge in [-0.25, -0.2) is 4.39 Å². The van der Waals surface area contributed by atoms with Crippen LogP contribution in [-0.2, 0) is 16.0 Å². The van der Waals surface area contributed by atoms with Crippen molar-refractivity contribution in [3.63, 3.8) is 0 Å². The number of nitrogens with one attached hydrogen (secondary N) is 2. The van der Waals surface area contributed by atoms with Crippen LogP contribution in [0.3, 0.4) is 0 Å². The lowest BCUT2D eigenvalue weighted by molar-refractivity contribution is -1.03. The van der Waals surface area contributed by atoms with Crippen molar-refractivity contribution in [2.24, 2.45) is 0 Å². The fourth-order valence-electron chi connectivity index (χ4n) is 4.76. The molecule has 2 aliphatic heterocycles. The Morgan fingerprint density at radius 2 is 1.90 bits per heavy atom. The van der Waals surface area contributed by atoms with Gasteiger partial charge in [-0.05, 0) is 41.3 Å². The molecule has 0 spiro atoms. The molecule has 1 fully saturated rings. The second kappa shape index (κ2) is 9.72. The van der Waals surface area contributed by atoms with E-state index in [9.17, 15) is 9.18 Å². The quantitative estimate of drug-likeness (QED) is 0.693. The van der Waals surface area contributed by atoms with Gasteiger partial charge < -0.3 is 14.5 Å². The standard InChI is InChI=1S/C25H31FN2O2S/c1-17(2)19-5-7-24-22(14-19)23(15-20-4-6-21(26)16-25(20)31-24)28-10-8-27(9-11-28)12-13-30-18(3)29/h4-7,14,16-17,23H,8-13,15H2,1-3H3/p+2/t23-/m0/s1. The minimum Gasteiger partial charge on any atom is -0.460 e. The number of benzene rings is 2. The summed E-state index contributed by atoms with van der Waals surface area (Å²) in [6.45, 7) is 11.7. The normalized spacial score (nSPS) is 23.1. The van der Waals surface area contributed by atoms with Gasteiger partial charge in [0.15, 0.2) is 0 Å². The van der Waals surface area contributed by atoms with Crippen molar-refractivity contribution in [1.29, 1.82) is 0 Å². The molecule has 2 heterocycles. The molecule has 2 N–H and O–H groups in total. The Balaban J connectivity index is 1.57. The van der Waals surface area contributed by atoms with Gasteiger partial charge in [0.2, 0.25) is 0 Å². The molecule has 2 aromatic rings. The third-order valence-electron chi connectivity index (χ3n) is 6.60. The summed E-state index contributed by atoms with van der Waals surface area (Å²) >= 11 is 1.71. The van der Waals surface area contributed by atoms with Crippen LogP contribution in [0.5, 0.6) is 0 Å². The van der Waals surface area contributed by atoms with Crippen LogP contribution < -0.4 is 9.80 Å². The predicted molar refractivity (Wildman–Crippen MR) is 120 cm³/mol. The number of carbonyl (C=O) groups excluding carboxylic acids is 1. The van der Waals surface area contributed by atoms with E-state index in [1.54, 1.807) is 28.8 Å². The molecule has 0 aromatic heterocycles. The molecular weight excluding hydrogens is 411 g/mol. The van der Waals surface area contributed by atoms with Crippen LogP contribution in [0.25, 0.3) is 0 Å². The molecular formula is C25H33FN2O2S+2. The highest BCUT2D eigenvalue weighted by Crippen LogP contribution is 2.41. The average Bonchev–Trinajstić information content (AvgIpc) is 2.89. The van der Waals surface area contributed by atoms with Crippen molar-refractivity contribution in [3.05, 3.63) is 58.9 Å². The zero-order valence-corrected chi connectivity index (χ0v) is 19.5. The zero-order chi connectivity index (χ0) is 22.0. The number of hydrogen-bond donors (Lipinski definition) is 2. The van der Waals surface area contributed by atoms with Gasteiger partial charge in [0.25, 0.3) is 0 Å². The number of hydrogen-bond acceptors (Lipinski definition) is 3. The molecule has 166 valence electrons. The number of piperazine rings is 1. The lowest BCUT2D eigenvalue weighted by atomic mass is 9.93. The van der Waals surface area contributed by atoms with E-state index in [1.165, 1.54) is 33.4 Å². The number of fused-ring (bicyclic) bond motifs is 2. The van der Waals surface area contributed by atoms with Crippen LogP contribution in [0.1, 0.15) is 49.4 Å². The second-order valence-electron chi connectivity index (χ2n) is 9.06. The maximum Gasteiger partial charge on any atom is 0.302 e. The number of carbonyl (C=O) groups is 1. The monoisotopic (exact) mass is 444 g/mol. The fourth-order valence-corrected chi connectivity index (χ4v) is 5.90. The van der Waals surface area contributed by atoms with Gasteiger partial charge in [-0.3, -0.25) is 4.79 Å². The number of esters is 1. The number of ether oxygens (including phenoxy) is 1. The van der Waals surface area contributed by atoms with Gasteiger partial charge in [-0.2, -0.15) is 0 Å². The van der Waals surface area contributed by atoms with Crippen molar-refractivity contribution in [2.75, 3.05) is 39.3 Å². The van der Waals surface area contributed by atoms with Gasteiger partial charge in [0, 0.05) is 28.7 Å². The topological polar surface area (TPSA) is 35.2 Å². The second-order valence-corrected chi connectivity index (χ2v) is 10.1. The minimum atomic E-state index is -0.202. The molecule has 6 heteroatoms. The molecule has 1 saturated heterocycles. The lowest BCUT2D eigenvalue weighted by Gasteiger charge is -2.35. The van der Waals surface area contributed by atoms with E-state index < -0.39 is 0 Å². The minimum absolute atomic E-state index is 0.164. The fraction of sp³-hybridized carbons (Fsp3) is 0.480. The highest BCUT2D eigenvalue weighted by Gasteiger charge is 2.34. The number of quaternary nitrogens is 2. The maximum absolute atomic E-state index is 14.0. The van der Waals surface area contributed by atoms with Crippen LogP contribution in [0, 0.1) is 5.82 Å². The third-order valence-corrected chi connectivity index (χ3v) is 7.79. The maximum atomic E-state index is 14.0. The Bertz CT molecular complexity index is 941. The van der Waals surface area contributed by atoms with Crippen LogP contribution in [0.4, 0.5) is 4.39 Å². The molecule has 4 nitrogen and oxygen atoms in total. The molecule has 0 amide bonds. The van der Waals surface area contributed by atoms with Crippen LogP contribution in [0.15, 0.2) is 46.2 Å². The molecule has 0 aliphatic carbocycles. The first-order valence-electron chi connectivity index (χ1n) is 11.3. The highest BCUT2D eigenvalue weighted by atomic mass is 32.2. The highest BCUT2D eigenvalue weighted by molar-refractivity contribution is 7.99. The lowest BCUT2D eigenvalue weighted by Crippen LogP contribution is -3.28.